The molecule has 0 bridgehead atoms. The second kappa shape index (κ2) is 6.83. The Hall–Kier alpha value is -2.69. The molecule has 1 aliphatic rings. The molecule has 0 N–H and O–H groups in total. The van der Waals surface area contributed by atoms with E-state index in [0.717, 1.165) is 18.4 Å². The number of aromatic nitrogens is 3. The van der Waals surface area contributed by atoms with E-state index < -0.39 is 0 Å². The molecule has 0 aliphatic heterocycles. The summed E-state index contributed by atoms with van der Waals surface area (Å²) in [6.07, 6.45) is 7.62. The van der Waals surface area contributed by atoms with Crippen LogP contribution in [0.3, 0.4) is 0 Å². The Morgan fingerprint density at radius 2 is 1.75 bits per heavy atom. The lowest BCUT2D eigenvalue weighted by Crippen LogP contribution is -2.21. The third-order valence-corrected chi connectivity index (χ3v) is 4.27. The highest BCUT2D eigenvalue weighted by molar-refractivity contribution is 5.64. The van der Waals surface area contributed by atoms with Crippen molar-refractivity contribution in [1.29, 1.82) is 0 Å². The third-order valence-electron chi connectivity index (χ3n) is 4.27. The Balaban J connectivity index is 1.72. The lowest BCUT2D eigenvalue weighted by Gasteiger charge is -2.23. The molecule has 0 saturated heterocycles. The molecule has 1 saturated carbocycles. The molecule has 1 aliphatic carbocycles. The van der Waals surface area contributed by atoms with Crippen molar-refractivity contribution in [2.45, 2.75) is 38.2 Å². The molecule has 5 nitrogen and oxygen atoms in total. The maximum Gasteiger partial charge on any atom is 0.245 e. The van der Waals surface area contributed by atoms with Crippen LogP contribution in [0.2, 0.25) is 0 Å². The average Bonchev–Trinajstić information content (AvgIpc) is 3.18. The zero-order chi connectivity index (χ0) is 16.2. The maximum absolute atomic E-state index is 6.22. The molecule has 4 rings (SSSR count). The van der Waals surface area contributed by atoms with Gasteiger partial charge in [-0.2, -0.15) is 4.98 Å². The lowest BCUT2D eigenvalue weighted by atomic mass is 9.98. The van der Waals surface area contributed by atoms with Gasteiger partial charge in [0.15, 0.2) is 11.5 Å². The summed E-state index contributed by atoms with van der Waals surface area (Å²) in [5.74, 6) is 1.58. The molecule has 122 valence electrons. The number of benzene rings is 1. The Morgan fingerprint density at radius 3 is 2.50 bits per heavy atom. The van der Waals surface area contributed by atoms with Crippen LogP contribution < -0.4 is 4.74 Å². The summed E-state index contributed by atoms with van der Waals surface area (Å²) < 4.78 is 11.6. The van der Waals surface area contributed by atoms with E-state index in [2.05, 4.69) is 15.2 Å². The van der Waals surface area contributed by atoms with Gasteiger partial charge in [0.25, 0.3) is 0 Å². The number of rotatable bonds is 4. The van der Waals surface area contributed by atoms with Gasteiger partial charge in [0, 0.05) is 5.56 Å². The summed E-state index contributed by atoms with van der Waals surface area (Å²) in [6.45, 7) is 0. The standard InChI is InChI=1S/C19H19N3O2/c1-3-8-14(9-4-1)17-19(24-15-10-5-2-6-11-15)20-18(22-21-17)16-12-7-13-23-16/h1,3-4,7-9,12-13,15H,2,5-6,10-11H2. The molecule has 3 aromatic rings. The van der Waals surface area contributed by atoms with Gasteiger partial charge in [-0.15, -0.1) is 10.2 Å². The highest BCUT2D eigenvalue weighted by Gasteiger charge is 2.20. The second-order valence-corrected chi connectivity index (χ2v) is 6.01. The van der Waals surface area contributed by atoms with Gasteiger partial charge in [-0.3, -0.25) is 0 Å². The van der Waals surface area contributed by atoms with Gasteiger partial charge in [0.2, 0.25) is 11.7 Å². The summed E-state index contributed by atoms with van der Waals surface area (Å²) in [5, 5.41) is 8.59. The lowest BCUT2D eigenvalue weighted by molar-refractivity contribution is 0.148. The summed E-state index contributed by atoms with van der Waals surface area (Å²) in [4.78, 5) is 4.60. The van der Waals surface area contributed by atoms with Gasteiger partial charge in [-0.1, -0.05) is 36.8 Å². The fraction of sp³-hybridized carbons (Fsp3) is 0.316. The summed E-state index contributed by atoms with van der Waals surface area (Å²) in [6, 6.07) is 13.5. The van der Waals surface area contributed by atoms with E-state index in [1.165, 1.54) is 19.3 Å². The molecule has 1 fully saturated rings. The molecular weight excluding hydrogens is 302 g/mol. The highest BCUT2D eigenvalue weighted by atomic mass is 16.5. The molecule has 2 aromatic heterocycles. The van der Waals surface area contributed by atoms with Crippen LogP contribution in [0.4, 0.5) is 0 Å². The summed E-state index contributed by atoms with van der Waals surface area (Å²) >= 11 is 0. The van der Waals surface area contributed by atoms with Crippen LogP contribution >= 0.6 is 0 Å². The van der Waals surface area contributed by atoms with E-state index in [-0.39, 0.29) is 6.10 Å². The molecule has 0 amide bonds. The molecule has 0 atom stereocenters. The zero-order valence-electron chi connectivity index (χ0n) is 13.4. The van der Waals surface area contributed by atoms with Gasteiger partial charge in [0.05, 0.1) is 6.26 Å². The number of furan rings is 1. The number of hydrogen-bond donors (Lipinski definition) is 0. The third kappa shape index (κ3) is 3.15. The van der Waals surface area contributed by atoms with Crippen LogP contribution in [0.1, 0.15) is 32.1 Å². The van der Waals surface area contributed by atoms with Crippen molar-refractivity contribution < 1.29 is 9.15 Å². The van der Waals surface area contributed by atoms with E-state index in [1.807, 2.05) is 42.5 Å². The molecule has 5 heteroatoms. The predicted octanol–water partition coefficient (Wildman–Crippen LogP) is 4.51. The fourth-order valence-electron chi connectivity index (χ4n) is 3.02. The van der Waals surface area contributed by atoms with E-state index in [0.29, 0.717) is 23.2 Å². The van der Waals surface area contributed by atoms with E-state index in [9.17, 15) is 0 Å². The second-order valence-electron chi connectivity index (χ2n) is 6.01. The van der Waals surface area contributed by atoms with Gasteiger partial charge in [-0.05, 0) is 37.8 Å². The van der Waals surface area contributed by atoms with Crippen molar-refractivity contribution in [1.82, 2.24) is 15.2 Å². The number of nitrogens with zero attached hydrogens (tertiary/aromatic N) is 3. The van der Waals surface area contributed by atoms with Crippen molar-refractivity contribution in [3.63, 3.8) is 0 Å². The largest absolute Gasteiger partial charge is 0.473 e. The van der Waals surface area contributed by atoms with Crippen molar-refractivity contribution in [3.05, 3.63) is 48.7 Å². The first-order valence-electron chi connectivity index (χ1n) is 8.41. The minimum Gasteiger partial charge on any atom is -0.473 e. The fourth-order valence-corrected chi connectivity index (χ4v) is 3.02. The van der Waals surface area contributed by atoms with Crippen molar-refractivity contribution in [2.24, 2.45) is 0 Å². The van der Waals surface area contributed by atoms with Gasteiger partial charge in [0.1, 0.15) is 6.10 Å². The number of hydrogen-bond acceptors (Lipinski definition) is 5. The van der Waals surface area contributed by atoms with Gasteiger partial charge < -0.3 is 9.15 Å². The zero-order valence-corrected chi connectivity index (χ0v) is 13.4. The summed E-state index contributed by atoms with van der Waals surface area (Å²) in [7, 11) is 0. The SMILES string of the molecule is c1ccc(-c2nnc(-c3ccco3)nc2OC2CCCCC2)cc1. The van der Waals surface area contributed by atoms with Crippen molar-refractivity contribution in [2.75, 3.05) is 0 Å². The molecule has 24 heavy (non-hydrogen) atoms. The minimum absolute atomic E-state index is 0.197. The quantitative estimate of drug-likeness (QED) is 0.707. The first-order valence-corrected chi connectivity index (χ1v) is 8.41. The van der Waals surface area contributed by atoms with Crippen molar-refractivity contribution in [3.8, 4) is 28.7 Å². The smallest absolute Gasteiger partial charge is 0.245 e. The van der Waals surface area contributed by atoms with E-state index in [4.69, 9.17) is 9.15 Å². The van der Waals surface area contributed by atoms with Crippen LogP contribution in [-0.2, 0) is 0 Å². The molecule has 1 aromatic carbocycles. The van der Waals surface area contributed by atoms with Crippen LogP contribution in [0.15, 0.2) is 53.1 Å². The molecular formula is C19H19N3O2. The monoisotopic (exact) mass is 321 g/mol. The molecule has 0 spiro atoms. The van der Waals surface area contributed by atoms with E-state index in [1.54, 1.807) is 6.26 Å². The Kier molecular flexibility index (Phi) is 4.23. The number of ether oxygens (including phenoxy) is 1. The normalized spacial score (nSPS) is 15.3. The van der Waals surface area contributed by atoms with Gasteiger partial charge in [-0.25, -0.2) is 0 Å². The van der Waals surface area contributed by atoms with Crippen LogP contribution in [0.5, 0.6) is 5.88 Å². The van der Waals surface area contributed by atoms with Crippen LogP contribution in [-0.4, -0.2) is 21.3 Å². The first kappa shape index (κ1) is 14.9. The predicted molar refractivity (Wildman–Crippen MR) is 90.5 cm³/mol. The van der Waals surface area contributed by atoms with Crippen LogP contribution in [0.25, 0.3) is 22.8 Å². The topological polar surface area (TPSA) is 61.0 Å². The average molecular weight is 321 g/mol. The van der Waals surface area contributed by atoms with Gasteiger partial charge >= 0.3 is 0 Å². The summed E-state index contributed by atoms with van der Waals surface area (Å²) in [5.41, 5.74) is 1.63. The highest BCUT2D eigenvalue weighted by Crippen LogP contribution is 2.30. The Bertz CT molecular complexity index is 782. The minimum atomic E-state index is 0.197. The first-order chi connectivity index (χ1) is 11.9. The van der Waals surface area contributed by atoms with E-state index >= 15 is 0 Å². The Labute approximate surface area is 140 Å². The molecule has 0 radical (unpaired) electrons. The molecule has 0 unspecified atom stereocenters. The van der Waals surface area contributed by atoms with Crippen molar-refractivity contribution >= 4 is 0 Å². The molecule has 2 heterocycles. The Morgan fingerprint density at radius 1 is 0.917 bits per heavy atom. The van der Waals surface area contributed by atoms with Crippen LogP contribution in [0, 0.1) is 0 Å². The maximum atomic E-state index is 6.22.